The number of hydrogen-bond donors (Lipinski definition) is 0. The van der Waals surface area contributed by atoms with Gasteiger partial charge in [-0.1, -0.05) is 6.07 Å². The van der Waals surface area contributed by atoms with Crippen LogP contribution in [0.1, 0.15) is 17.0 Å². The molecule has 5 aromatic rings. The maximum absolute atomic E-state index is 4.73. The first-order valence-electron chi connectivity index (χ1n) is 8.72. The molecule has 0 atom stereocenters. The van der Waals surface area contributed by atoms with Crippen molar-refractivity contribution in [2.75, 3.05) is 0 Å². The lowest BCUT2D eigenvalue weighted by Crippen LogP contribution is -2.02. The Morgan fingerprint density at radius 1 is 1.07 bits per heavy atom. The quantitative estimate of drug-likeness (QED) is 0.497. The average molecular weight is 355 g/mol. The summed E-state index contributed by atoms with van der Waals surface area (Å²) in [6.45, 7) is 2.10. The van der Waals surface area contributed by atoms with Crippen LogP contribution < -0.4 is 0 Å². The first-order chi connectivity index (χ1) is 13.2. The Bertz CT molecular complexity index is 1280. The zero-order valence-corrected chi connectivity index (χ0v) is 15.0. The van der Waals surface area contributed by atoms with Gasteiger partial charge in [-0.15, -0.1) is 10.2 Å². The molecule has 0 saturated carbocycles. The van der Waals surface area contributed by atoms with Gasteiger partial charge in [-0.2, -0.15) is 14.7 Å². The molecule has 0 spiro atoms. The van der Waals surface area contributed by atoms with Crippen molar-refractivity contribution >= 4 is 16.6 Å². The van der Waals surface area contributed by atoms with Crippen molar-refractivity contribution in [3.05, 3.63) is 71.9 Å². The van der Waals surface area contributed by atoms with Gasteiger partial charge in [-0.25, -0.2) is 0 Å². The highest BCUT2D eigenvalue weighted by molar-refractivity contribution is 5.80. The van der Waals surface area contributed by atoms with Crippen LogP contribution in [0.25, 0.3) is 27.8 Å². The summed E-state index contributed by atoms with van der Waals surface area (Å²) < 4.78 is 3.58. The smallest absolute Gasteiger partial charge is 0.177 e. The van der Waals surface area contributed by atoms with Gasteiger partial charge < -0.3 is 0 Å². The van der Waals surface area contributed by atoms with Crippen LogP contribution in [0.15, 0.2) is 55.0 Å². The van der Waals surface area contributed by atoms with Gasteiger partial charge in [0, 0.05) is 36.8 Å². The van der Waals surface area contributed by atoms with E-state index in [4.69, 9.17) is 5.10 Å². The summed E-state index contributed by atoms with van der Waals surface area (Å²) in [5.41, 5.74) is 5.92. The monoisotopic (exact) mass is 355 g/mol. The molecule has 0 unspecified atom stereocenters. The molecule has 0 aliphatic carbocycles. The van der Waals surface area contributed by atoms with Gasteiger partial charge in [0.25, 0.3) is 0 Å². The van der Waals surface area contributed by atoms with Crippen LogP contribution in [0.3, 0.4) is 0 Å². The van der Waals surface area contributed by atoms with Crippen molar-refractivity contribution in [2.45, 2.75) is 13.3 Å². The highest BCUT2D eigenvalue weighted by Crippen LogP contribution is 2.21. The van der Waals surface area contributed by atoms with Crippen LogP contribution in [-0.2, 0) is 13.5 Å². The molecule has 4 heterocycles. The van der Waals surface area contributed by atoms with Gasteiger partial charge in [-0.05, 0) is 48.4 Å². The van der Waals surface area contributed by atoms with Crippen molar-refractivity contribution in [1.82, 2.24) is 34.6 Å². The van der Waals surface area contributed by atoms with E-state index in [1.807, 2.05) is 42.2 Å². The highest BCUT2D eigenvalue weighted by Gasteiger charge is 2.12. The Kier molecular flexibility index (Phi) is 3.46. The third-order valence-corrected chi connectivity index (χ3v) is 4.74. The number of aromatic nitrogens is 7. The molecule has 27 heavy (non-hydrogen) atoms. The fourth-order valence-electron chi connectivity index (χ4n) is 3.28. The molecule has 0 saturated heterocycles. The second-order valence-corrected chi connectivity index (χ2v) is 6.66. The minimum Gasteiger partial charge on any atom is -0.275 e. The van der Waals surface area contributed by atoms with Crippen molar-refractivity contribution in [1.29, 1.82) is 0 Å². The summed E-state index contributed by atoms with van der Waals surface area (Å²) >= 11 is 0. The number of pyridine rings is 1. The normalized spacial score (nSPS) is 11.5. The molecular formula is C20H17N7. The predicted octanol–water partition coefficient (Wildman–Crippen LogP) is 2.97. The van der Waals surface area contributed by atoms with E-state index >= 15 is 0 Å². The molecule has 1 aromatic carbocycles. The minimum atomic E-state index is 0.654. The number of rotatable bonds is 3. The van der Waals surface area contributed by atoms with Gasteiger partial charge >= 0.3 is 0 Å². The van der Waals surface area contributed by atoms with E-state index in [0.717, 1.165) is 33.6 Å². The lowest BCUT2D eigenvalue weighted by Gasteiger charge is -2.07. The first kappa shape index (κ1) is 15.6. The summed E-state index contributed by atoms with van der Waals surface area (Å²) in [4.78, 5) is 4.42. The van der Waals surface area contributed by atoms with Crippen molar-refractivity contribution in [3.8, 4) is 11.3 Å². The maximum atomic E-state index is 4.73. The maximum Gasteiger partial charge on any atom is 0.177 e. The summed E-state index contributed by atoms with van der Waals surface area (Å²) in [7, 11) is 1.89. The first-order valence-corrected chi connectivity index (χ1v) is 8.72. The van der Waals surface area contributed by atoms with Crippen LogP contribution in [0.5, 0.6) is 0 Å². The van der Waals surface area contributed by atoms with E-state index in [-0.39, 0.29) is 0 Å². The molecule has 0 fully saturated rings. The van der Waals surface area contributed by atoms with Crippen LogP contribution in [0.4, 0.5) is 0 Å². The summed E-state index contributed by atoms with van der Waals surface area (Å²) in [5.74, 6) is 0.807. The fourth-order valence-corrected chi connectivity index (χ4v) is 3.28. The Morgan fingerprint density at radius 2 is 2.00 bits per heavy atom. The largest absolute Gasteiger partial charge is 0.275 e. The molecule has 5 rings (SSSR count). The lowest BCUT2D eigenvalue weighted by molar-refractivity contribution is 0.768. The zero-order valence-electron chi connectivity index (χ0n) is 15.0. The van der Waals surface area contributed by atoms with Crippen LogP contribution in [-0.4, -0.2) is 34.6 Å². The third kappa shape index (κ3) is 2.73. The Balaban J connectivity index is 1.58. The molecule has 0 radical (unpaired) electrons. The van der Waals surface area contributed by atoms with Crippen LogP contribution in [0.2, 0.25) is 0 Å². The average Bonchev–Trinajstić information content (AvgIpc) is 3.28. The molecule has 132 valence electrons. The second-order valence-electron chi connectivity index (χ2n) is 6.66. The topological polar surface area (TPSA) is 73.8 Å². The summed E-state index contributed by atoms with van der Waals surface area (Å²) in [5, 5.41) is 18.7. The van der Waals surface area contributed by atoms with Gasteiger partial charge in [0.1, 0.15) is 0 Å². The van der Waals surface area contributed by atoms with Crippen LogP contribution in [0, 0.1) is 6.92 Å². The molecule has 0 aliphatic rings. The third-order valence-electron chi connectivity index (χ3n) is 4.74. The molecule has 0 amide bonds. The summed E-state index contributed by atoms with van der Waals surface area (Å²) in [6, 6.07) is 12.2. The van der Waals surface area contributed by atoms with E-state index in [9.17, 15) is 0 Å². The fraction of sp³-hybridized carbons (Fsp3) is 0.150. The molecule has 7 heteroatoms. The van der Waals surface area contributed by atoms with Gasteiger partial charge in [0.05, 0.1) is 17.4 Å². The van der Waals surface area contributed by atoms with Crippen molar-refractivity contribution < 1.29 is 0 Å². The molecule has 4 aromatic heterocycles. The molecule has 7 nitrogen and oxygen atoms in total. The van der Waals surface area contributed by atoms with Gasteiger partial charge in [0.15, 0.2) is 11.5 Å². The molecule has 0 N–H and O–H groups in total. The van der Waals surface area contributed by atoms with Crippen LogP contribution >= 0.6 is 0 Å². The van der Waals surface area contributed by atoms with E-state index in [0.29, 0.717) is 6.42 Å². The standard InChI is InChI=1S/C20H17N7/c1-13-8-18-14(4-3-7-21-18)9-15(13)10-20-24-23-19-6-5-17(25-27(19)20)16-11-22-26(2)12-16/h3-9,11-12H,10H2,1-2H3. The Labute approximate surface area is 155 Å². The zero-order chi connectivity index (χ0) is 18.4. The number of nitrogens with zero attached hydrogens (tertiary/aromatic N) is 7. The van der Waals surface area contributed by atoms with Gasteiger partial charge in [-0.3, -0.25) is 9.67 Å². The van der Waals surface area contributed by atoms with E-state index in [1.165, 1.54) is 11.1 Å². The molecular weight excluding hydrogens is 338 g/mol. The summed E-state index contributed by atoms with van der Waals surface area (Å²) in [6.07, 6.45) is 6.22. The SMILES string of the molecule is Cc1cc2ncccc2cc1Cc1nnc2ccc(-c3cnn(C)c3)nn12. The lowest BCUT2D eigenvalue weighted by atomic mass is 10.0. The Hall–Kier alpha value is -3.61. The minimum absolute atomic E-state index is 0.654. The molecule has 0 bridgehead atoms. The van der Waals surface area contributed by atoms with Crippen molar-refractivity contribution in [3.63, 3.8) is 0 Å². The number of hydrogen-bond acceptors (Lipinski definition) is 5. The van der Waals surface area contributed by atoms with E-state index in [2.05, 4.69) is 45.4 Å². The number of benzene rings is 1. The Morgan fingerprint density at radius 3 is 2.85 bits per heavy atom. The van der Waals surface area contributed by atoms with E-state index in [1.54, 1.807) is 10.9 Å². The second kappa shape index (κ2) is 5.98. The van der Waals surface area contributed by atoms with E-state index < -0.39 is 0 Å². The number of aryl methyl sites for hydroxylation is 2. The molecule has 0 aliphatic heterocycles. The predicted molar refractivity (Wildman–Crippen MR) is 102 cm³/mol. The van der Waals surface area contributed by atoms with Crippen molar-refractivity contribution in [2.24, 2.45) is 7.05 Å². The number of fused-ring (bicyclic) bond motifs is 2. The van der Waals surface area contributed by atoms with Gasteiger partial charge in [0.2, 0.25) is 0 Å². The highest BCUT2D eigenvalue weighted by atomic mass is 15.4.